The van der Waals surface area contributed by atoms with Crippen molar-refractivity contribution < 1.29 is 18.0 Å². The topological polar surface area (TPSA) is 86.8 Å². The van der Waals surface area contributed by atoms with Gasteiger partial charge in [-0.1, -0.05) is 104 Å². The van der Waals surface area contributed by atoms with Crippen LogP contribution in [0.15, 0.2) is 108 Å². The molecule has 7 nitrogen and oxygen atoms in total. The summed E-state index contributed by atoms with van der Waals surface area (Å²) in [7, 11) is -4.16. The van der Waals surface area contributed by atoms with Crippen molar-refractivity contribution in [1.29, 1.82) is 0 Å². The van der Waals surface area contributed by atoms with Crippen LogP contribution in [0.3, 0.4) is 0 Å². The summed E-state index contributed by atoms with van der Waals surface area (Å²) < 4.78 is 29.5. The van der Waals surface area contributed by atoms with E-state index in [2.05, 4.69) is 5.32 Å². The lowest BCUT2D eigenvalue weighted by atomic mass is 10.0. The Morgan fingerprint density at radius 1 is 0.822 bits per heavy atom. The van der Waals surface area contributed by atoms with E-state index in [0.29, 0.717) is 22.8 Å². The minimum Gasteiger partial charge on any atom is -0.354 e. The second kappa shape index (κ2) is 15.2. The van der Waals surface area contributed by atoms with Gasteiger partial charge in [-0.3, -0.25) is 13.9 Å². The number of aryl methyl sites for hydroxylation is 2. The van der Waals surface area contributed by atoms with Crippen molar-refractivity contribution in [3.8, 4) is 0 Å². The number of carbonyl (C=O) groups excluding carboxylic acids is 2. The third kappa shape index (κ3) is 8.96. The summed E-state index contributed by atoms with van der Waals surface area (Å²) in [4.78, 5) is 30.0. The molecule has 0 spiro atoms. The number of nitrogens with zero attached hydrogens (tertiary/aromatic N) is 2. The fourth-order valence-electron chi connectivity index (χ4n) is 5.13. The molecule has 0 fully saturated rings. The van der Waals surface area contributed by atoms with Crippen molar-refractivity contribution in [2.24, 2.45) is 5.92 Å². The second-order valence-corrected chi connectivity index (χ2v) is 13.9. The molecule has 1 atom stereocenters. The molecular formula is C36H40ClN3O4S. The highest BCUT2D eigenvalue weighted by atomic mass is 35.5. The number of hydrogen-bond donors (Lipinski definition) is 1. The predicted octanol–water partition coefficient (Wildman–Crippen LogP) is 6.56. The largest absolute Gasteiger partial charge is 0.354 e. The van der Waals surface area contributed by atoms with E-state index in [-0.39, 0.29) is 29.7 Å². The van der Waals surface area contributed by atoms with Crippen LogP contribution in [0.1, 0.15) is 36.1 Å². The maximum atomic E-state index is 14.6. The number of carbonyl (C=O) groups is 2. The van der Waals surface area contributed by atoms with Crippen molar-refractivity contribution in [2.75, 3.05) is 17.4 Å². The Labute approximate surface area is 271 Å². The minimum absolute atomic E-state index is 0.0537. The first kappa shape index (κ1) is 33.7. The number of anilines is 1. The molecule has 1 unspecified atom stereocenters. The van der Waals surface area contributed by atoms with Crippen molar-refractivity contribution in [2.45, 2.75) is 51.6 Å². The second-order valence-electron chi connectivity index (χ2n) is 11.6. The van der Waals surface area contributed by atoms with Crippen LogP contribution in [0.25, 0.3) is 0 Å². The van der Waals surface area contributed by atoms with Crippen LogP contribution in [-0.2, 0) is 32.6 Å². The molecule has 4 aromatic carbocycles. The van der Waals surface area contributed by atoms with Crippen molar-refractivity contribution in [1.82, 2.24) is 10.2 Å². The maximum absolute atomic E-state index is 14.6. The fraction of sp³-hybridized carbons (Fsp3) is 0.278. The Kier molecular flexibility index (Phi) is 11.4. The van der Waals surface area contributed by atoms with E-state index in [1.165, 1.54) is 17.0 Å². The number of hydrogen-bond acceptors (Lipinski definition) is 4. The lowest BCUT2D eigenvalue weighted by Crippen LogP contribution is -2.53. The lowest BCUT2D eigenvalue weighted by molar-refractivity contribution is -0.140. The number of sulfonamides is 1. The standard InChI is InChI=1S/C36H40ClN3O4S/c1-26(2)23-38-36(42)34(22-29-12-7-5-8-13-29)39(24-30-14-11-15-31(37)21-30)35(41)25-40(33-19-18-27(3)20-28(33)4)45(43,44)32-16-9-6-10-17-32/h5-21,26,34H,22-25H2,1-4H3,(H,38,42). The first-order valence-electron chi connectivity index (χ1n) is 15.0. The van der Waals surface area contributed by atoms with Gasteiger partial charge < -0.3 is 10.2 Å². The number of nitrogens with one attached hydrogen (secondary N) is 1. The molecule has 0 heterocycles. The van der Waals surface area contributed by atoms with Gasteiger partial charge in [0.15, 0.2) is 0 Å². The molecule has 1 N–H and O–H groups in total. The molecule has 236 valence electrons. The van der Waals surface area contributed by atoms with Crippen LogP contribution in [0, 0.1) is 19.8 Å². The Hall–Kier alpha value is -4.14. The molecule has 4 rings (SSSR count). The normalized spacial score (nSPS) is 12.0. The summed E-state index contributed by atoms with van der Waals surface area (Å²) in [5.74, 6) is -0.638. The average molecular weight is 646 g/mol. The highest BCUT2D eigenvalue weighted by Gasteiger charge is 2.35. The minimum atomic E-state index is -4.16. The Balaban J connectivity index is 1.82. The molecule has 4 aromatic rings. The summed E-state index contributed by atoms with van der Waals surface area (Å²) in [6.07, 6.45) is 0.242. The third-order valence-electron chi connectivity index (χ3n) is 7.43. The molecule has 0 aliphatic rings. The molecule has 0 aromatic heterocycles. The number of rotatable bonds is 13. The fourth-order valence-corrected chi connectivity index (χ4v) is 6.84. The van der Waals surface area contributed by atoms with Gasteiger partial charge in [-0.15, -0.1) is 0 Å². The molecule has 0 aliphatic heterocycles. The predicted molar refractivity (Wildman–Crippen MR) is 181 cm³/mol. The van der Waals surface area contributed by atoms with E-state index in [9.17, 15) is 18.0 Å². The highest BCUT2D eigenvalue weighted by molar-refractivity contribution is 7.92. The van der Waals surface area contributed by atoms with Crippen LogP contribution in [0.2, 0.25) is 5.02 Å². The van der Waals surface area contributed by atoms with Crippen molar-refractivity contribution in [3.63, 3.8) is 0 Å². The van der Waals surface area contributed by atoms with Gasteiger partial charge in [0.25, 0.3) is 10.0 Å². The van der Waals surface area contributed by atoms with Crippen LogP contribution < -0.4 is 9.62 Å². The molecule has 0 bridgehead atoms. The molecule has 2 amide bonds. The highest BCUT2D eigenvalue weighted by Crippen LogP contribution is 2.28. The van der Waals surface area contributed by atoms with Gasteiger partial charge in [0.2, 0.25) is 11.8 Å². The zero-order chi connectivity index (χ0) is 32.6. The van der Waals surface area contributed by atoms with Gasteiger partial charge in [0.1, 0.15) is 12.6 Å². The quantitative estimate of drug-likeness (QED) is 0.178. The van der Waals surface area contributed by atoms with Crippen LogP contribution in [-0.4, -0.2) is 44.3 Å². The van der Waals surface area contributed by atoms with E-state index in [0.717, 1.165) is 21.0 Å². The monoisotopic (exact) mass is 645 g/mol. The Morgan fingerprint density at radius 2 is 1.47 bits per heavy atom. The maximum Gasteiger partial charge on any atom is 0.264 e. The van der Waals surface area contributed by atoms with Crippen LogP contribution in [0.4, 0.5) is 5.69 Å². The van der Waals surface area contributed by atoms with Gasteiger partial charge in [-0.05, 0) is 66.8 Å². The molecule has 9 heteroatoms. The summed E-state index contributed by atoms with van der Waals surface area (Å²) in [6, 6.07) is 29.1. The third-order valence-corrected chi connectivity index (χ3v) is 9.44. The molecule has 0 saturated carbocycles. The summed E-state index contributed by atoms with van der Waals surface area (Å²) in [5.41, 5.74) is 3.65. The smallest absolute Gasteiger partial charge is 0.264 e. The Bertz CT molecular complexity index is 1710. The van der Waals surface area contributed by atoms with E-state index < -0.39 is 28.5 Å². The van der Waals surface area contributed by atoms with Gasteiger partial charge in [0, 0.05) is 24.5 Å². The van der Waals surface area contributed by atoms with Gasteiger partial charge in [-0.2, -0.15) is 0 Å². The summed E-state index contributed by atoms with van der Waals surface area (Å²) in [5, 5.41) is 3.49. The van der Waals surface area contributed by atoms with Gasteiger partial charge >= 0.3 is 0 Å². The summed E-state index contributed by atoms with van der Waals surface area (Å²) in [6.45, 7) is 7.72. The van der Waals surface area contributed by atoms with E-state index >= 15 is 0 Å². The zero-order valence-electron chi connectivity index (χ0n) is 26.1. The molecule has 0 radical (unpaired) electrons. The van der Waals surface area contributed by atoms with Gasteiger partial charge in [-0.25, -0.2) is 8.42 Å². The van der Waals surface area contributed by atoms with Crippen LogP contribution in [0.5, 0.6) is 0 Å². The van der Waals surface area contributed by atoms with Crippen molar-refractivity contribution >= 4 is 39.1 Å². The van der Waals surface area contributed by atoms with E-state index in [1.807, 2.05) is 76.2 Å². The van der Waals surface area contributed by atoms with E-state index in [4.69, 9.17) is 11.6 Å². The SMILES string of the molecule is Cc1ccc(N(CC(=O)N(Cc2cccc(Cl)c2)C(Cc2ccccc2)C(=O)NCC(C)C)S(=O)(=O)c2ccccc2)c(C)c1. The first-order valence-corrected chi connectivity index (χ1v) is 16.8. The first-order chi connectivity index (χ1) is 21.5. The molecule has 0 aliphatic carbocycles. The average Bonchev–Trinajstić information content (AvgIpc) is 3.01. The molecule has 0 saturated heterocycles. The number of amides is 2. The summed E-state index contributed by atoms with van der Waals surface area (Å²) >= 11 is 6.32. The van der Waals surface area contributed by atoms with E-state index in [1.54, 1.807) is 42.5 Å². The van der Waals surface area contributed by atoms with Crippen molar-refractivity contribution in [3.05, 3.63) is 130 Å². The number of benzene rings is 4. The molecule has 45 heavy (non-hydrogen) atoms. The Morgan fingerprint density at radius 3 is 2.09 bits per heavy atom. The molecular weight excluding hydrogens is 606 g/mol. The lowest BCUT2D eigenvalue weighted by Gasteiger charge is -2.34. The number of halogens is 1. The zero-order valence-corrected chi connectivity index (χ0v) is 27.7. The van der Waals surface area contributed by atoms with Crippen LogP contribution >= 0.6 is 11.6 Å². The van der Waals surface area contributed by atoms with Gasteiger partial charge in [0.05, 0.1) is 10.6 Å².